The average Bonchev–Trinajstić information content (AvgIpc) is 2.83. The van der Waals surface area contributed by atoms with Gasteiger partial charge in [0.05, 0.1) is 12.5 Å². The monoisotopic (exact) mass is 550 g/mol. The summed E-state index contributed by atoms with van der Waals surface area (Å²) < 4.78 is 5.40. The number of nitrogens with two attached hydrogens (primary N) is 1. The molecule has 0 aliphatic rings. The predicted octanol–water partition coefficient (Wildman–Crippen LogP) is -4.78. The molecule has 0 aromatic rings. The Balaban J connectivity index is 6.01. The highest BCUT2D eigenvalue weighted by Gasteiger charge is 2.41. The van der Waals surface area contributed by atoms with Crippen molar-refractivity contribution in [2.24, 2.45) is 11.7 Å². The van der Waals surface area contributed by atoms with Gasteiger partial charge in [0.15, 0.2) is 0 Å². The summed E-state index contributed by atoms with van der Waals surface area (Å²) >= 11 is 0. The van der Waals surface area contributed by atoms with Crippen LogP contribution in [0.1, 0.15) is 33.6 Å². The van der Waals surface area contributed by atoms with Crippen LogP contribution in [-0.2, 0) is 38.3 Å². The summed E-state index contributed by atoms with van der Waals surface area (Å²) in [6.07, 6.45) is -8.77. The first kappa shape index (κ1) is 34.3. The molecule has 0 bridgehead atoms. The summed E-state index contributed by atoms with van der Waals surface area (Å²) in [5, 5.41) is 53.6. The van der Waals surface area contributed by atoms with Crippen LogP contribution in [0.15, 0.2) is 0 Å². The first-order valence-electron chi connectivity index (χ1n) is 11.3. The molecule has 0 aliphatic carbocycles. The van der Waals surface area contributed by atoms with Gasteiger partial charge in [0, 0.05) is 13.3 Å². The molecule has 4 amide bonds. The van der Waals surface area contributed by atoms with Gasteiger partial charge in [-0.25, -0.2) is 0 Å². The number of aliphatic hydroxyl groups is 3. The third-order valence-corrected chi connectivity index (χ3v) is 5.25. The Morgan fingerprint density at radius 2 is 1.55 bits per heavy atom. The second-order valence-electron chi connectivity index (χ2n) is 8.38. The Bertz CT molecular complexity index is 883. The molecule has 0 aromatic heterocycles. The third kappa shape index (κ3) is 11.2. The van der Waals surface area contributed by atoms with Gasteiger partial charge < -0.3 is 56.7 Å². The lowest BCUT2D eigenvalue weighted by molar-refractivity contribution is -0.167. The minimum Gasteiger partial charge on any atom is -0.481 e. The summed E-state index contributed by atoms with van der Waals surface area (Å²) in [4.78, 5) is 82.5. The minimum absolute atomic E-state index is 0.109. The number of carboxylic acid groups (broad SMARTS) is 2. The van der Waals surface area contributed by atoms with Crippen molar-refractivity contribution in [1.29, 1.82) is 0 Å². The molecular formula is C21H34N4O13. The molecule has 0 saturated heterocycles. The Morgan fingerprint density at radius 1 is 0.974 bits per heavy atom. The fraction of sp³-hybridized carbons (Fsp3) is 0.667. The van der Waals surface area contributed by atoms with Gasteiger partial charge in [0.1, 0.15) is 48.8 Å². The van der Waals surface area contributed by atoms with Crippen molar-refractivity contribution in [3.8, 4) is 0 Å². The molecular weight excluding hydrogens is 516 g/mol. The van der Waals surface area contributed by atoms with Crippen molar-refractivity contribution in [1.82, 2.24) is 16.0 Å². The van der Waals surface area contributed by atoms with Crippen LogP contribution in [0.2, 0.25) is 0 Å². The fourth-order valence-electron chi connectivity index (χ4n) is 3.09. The topological polar surface area (TPSA) is 292 Å². The number of hydrogen-bond donors (Lipinski definition) is 9. The lowest BCUT2D eigenvalue weighted by Gasteiger charge is -2.34. The normalized spacial score (nSPS) is 17.3. The largest absolute Gasteiger partial charge is 0.481 e. The standard InChI is InChI=1S/C21H34N4O13/c1-8(19(34)25-11(4-5-14(30)31)20(35)23-9(2)21(36)37)16(18(22)33)38-17(15(32)13(29)7-27)12(6-26)24-10(3)28/h6,8-9,11-13,15-17,27,29,32H,4-5,7H2,1-3H3,(H2,22,33)(H,23,35)(H,24,28)(H,25,34)(H,30,31)(H,36,37)/t8?,9?,11?,12-,13+,15+,16?,17+/m0/s1. The summed E-state index contributed by atoms with van der Waals surface area (Å²) in [5.74, 6) is -8.52. The summed E-state index contributed by atoms with van der Waals surface area (Å²) in [5.41, 5.74) is 5.33. The second kappa shape index (κ2) is 16.2. The van der Waals surface area contributed by atoms with E-state index in [0.29, 0.717) is 0 Å². The molecule has 0 heterocycles. The number of carboxylic acids is 2. The number of aliphatic hydroxyl groups excluding tert-OH is 3. The number of primary amides is 1. The van der Waals surface area contributed by atoms with Crippen molar-refractivity contribution in [2.75, 3.05) is 6.61 Å². The Kier molecular flexibility index (Phi) is 14.7. The molecule has 17 nitrogen and oxygen atoms in total. The molecule has 8 atom stereocenters. The van der Waals surface area contributed by atoms with E-state index < -0.39 is 103 Å². The molecule has 38 heavy (non-hydrogen) atoms. The van der Waals surface area contributed by atoms with Crippen molar-refractivity contribution in [3.05, 3.63) is 0 Å². The number of aldehydes is 1. The number of rotatable bonds is 18. The number of hydrogen-bond acceptors (Lipinski definition) is 11. The molecule has 0 saturated carbocycles. The molecule has 17 heteroatoms. The maximum Gasteiger partial charge on any atom is 0.325 e. The zero-order valence-electron chi connectivity index (χ0n) is 20.9. The lowest BCUT2D eigenvalue weighted by Crippen LogP contribution is -2.58. The summed E-state index contributed by atoms with van der Waals surface area (Å²) in [7, 11) is 0. The smallest absolute Gasteiger partial charge is 0.325 e. The van der Waals surface area contributed by atoms with Gasteiger partial charge in [-0.2, -0.15) is 0 Å². The Labute approximate surface area is 216 Å². The predicted molar refractivity (Wildman–Crippen MR) is 124 cm³/mol. The number of amides is 4. The van der Waals surface area contributed by atoms with E-state index in [1.807, 2.05) is 0 Å². The molecule has 0 radical (unpaired) electrons. The van der Waals surface area contributed by atoms with Crippen molar-refractivity contribution in [3.63, 3.8) is 0 Å². The van der Waals surface area contributed by atoms with Crippen LogP contribution in [0.5, 0.6) is 0 Å². The van der Waals surface area contributed by atoms with Gasteiger partial charge >= 0.3 is 11.9 Å². The van der Waals surface area contributed by atoms with Crippen molar-refractivity contribution >= 4 is 41.9 Å². The van der Waals surface area contributed by atoms with Crippen LogP contribution in [0.25, 0.3) is 0 Å². The number of aliphatic carboxylic acids is 2. The molecule has 0 aliphatic heterocycles. The van der Waals surface area contributed by atoms with Crippen LogP contribution >= 0.6 is 0 Å². The average molecular weight is 551 g/mol. The number of carbonyl (C=O) groups excluding carboxylic acids is 5. The van der Waals surface area contributed by atoms with E-state index in [1.165, 1.54) is 0 Å². The van der Waals surface area contributed by atoms with Gasteiger partial charge in [-0.05, 0) is 13.3 Å². The SMILES string of the molecule is CC(=O)N[C@@H](C=O)[C@@H](OC(C(N)=O)C(C)C(=O)NC(CCC(=O)O)C(=O)NC(C)C(=O)O)[C@H](O)[C@H](O)CO. The molecule has 0 rings (SSSR count). The Hall–Kier alpha value is -3.67. The van der Waals surface area contributed by atoms with Gasteiger partial charge in [-0.1, -0.05) is 6.92 Å². The number of nitrogens with one attached hydrogen (secondary N) is 3. The fourth-order valence-corrected chi connectivity index (χ4v) is 3.09. The molecule has 4 unspecified atom stereocenters. The van der Waals surface area contributed by atoms with Gasteiger partial charge in [0.25, 0.3) is 0 Å². The maximum absolute atomic E-state index is 12.9. The second-order valence-corrected chi connectivity index (χ2v) is 8.38. The highest BCUT2D eigenvalue weighted by molar-refractivity contribution is 5.93. The van der Waals surface area contributed by atoms with Crippen LogP contribution in [-0.4, -0.2) is 117 Å². The lowest BCUT2D eigenvalue weighted by atomic mass is 9.98. The van der Waals surface area contributed by atoms with Crippen molar-refractivity contribution < 1.29 is 63.8 Å². The van der Waals surface area contributed by atoms with Gasteiger partial charge in [0.2, 0.25) is 23.6 Å². The molecule has 216 valence electrons. The van der Waals surface area contributed by atoms with Crippen LogP contribution in [0, 0.1) is 5.92 Å². The molecule has 0 aromatic carbocycles. The van der Waals surface area contributed by atoms with E-state index in [9.17, 15) is 43.8 Å². The van der Waals surface area contributed by atoms with E-state index in [0.717, 1.165) is 20.8 Å². The van der Waals surface area contributed by atoms with E-state index in [2.05, 4.69) is 16.0 Å². The quantitative estimate of drug-likeness (QED) is 0.0725. The summed E-state index contributed by atoms with van der Waals surface area (Å²) in [6.45, 7) is 2.22. The van der Waals surface area contributed by atoms with E-state index >= 15 is 0 Å². The van der Waals surface area contributed by atoms with E-state index in [4.69, 9.17) is 25.8 Å². The van der Waals surface area contributed by atoms with Crippen LogP contribution in [0.3, 0.4) is 0 Å². The van der Waals surface area contributed by atoms with Crippen LogP contribution < -0.4 is 21.7 Å². The number of ether oxygens (including phenoxy) is 1. The van der Waals surface area contributed by atoms with Gasteiger partial charge in [-0.3, -0.25) is 28.8 Å². The first-order chi connectivity index (χ1) is 17.6. The van der Waals surface area contributed by atoms with E-state index in [-0.39, 0.29) is 6.29 Å². The highest BCUT2D eigenvalue weighted by atomic mass is 16.5. The van der Waals surface area contributed by atoms with Crippen molar-refractivity contribution in [2.45, 2.75) is 76.2 Å². The molecule has 0 spiro atoms. The zero-order valence-corrected chi connectivity index (χ0v) is 20.9. The molecule has 10 N–H and O–H groups in total. The minimum atomic E-state index is -2.06. The first-order valence-corrected chi connectivity index (χ1v) is 11.3. The zero-order chi connectivity index (χ0) is 29.7. The van der Waals surface area contributed by atoms with Crippen LogP contribution in [0.4, 0.5) is 0 Å². The number of carbonyl (C=O) groups is 7. The van der Waals surface area contributed by atoms with Gasteiger partial charge in [-0.15, -0.1) is 0 Å². The summed E-state index contributed by atoms with van der Waals surface area (Å²) in [6, 6.07) is -4.62. The molecule has 0 fully saturated rings. The highest BCUT2D eigenvalue weighted by Crippen LogP contribution is 2.17. The Morgan fingerprint density at radius 3 is 1.97 bits per heavy atom. The third-order valence-electron chi connectivity index (χ3n) is 5.25. The van der Waals surface area contributed by atoms with E-state index in [1.54, 1.807) is 0 Å². The maximum atomic E-state index is 12.9.